The zero-order valence-corrected chi connectivity index (χ0v) is 15.1. The second kappa shape index (κ2) is 12.9. The summed E-state index contributed by atoms with van der Waals surface area (Å²) in [5, 5.41) is 18.1. The zero-order chi connectivity index (χ0) is 15.3. The quantitative estimate of drug-likeness (QED) is 0.418. The van der Waals surface area contributed by atoms with Crippen LogP contribution in [0, 0.1) is 11.3 Å². The summed E-state index contributed by atoms with van der Waals surface area (Å²) in [5.41, 5.74) is 0. The fourth-order valence-electron chi connectivity index (χ4n) is 1.80. The van der Waals surface area contributed by atoms with Gasteiger partial charge in [0, 0.05) is 6.61 Å². The Morgan fingerprint density at radius 1 is 1.20 bits per heavy atom. The molecule has 1 N–H and O–H groups in total. The van der Waals surface area contributed by atoms with Crippen molar-refractivity contribution in [2.45, 2.75) is 70.0 Å². The van der Waals surface area contributed by atoms with E-state index in [2.05, 4.69) is 13.0 Å². The van der Waals surface area contributed by atoms with Crippen LogP contribution in [-0.2, 0) is 0 Å². The Kier molecular flexibility index (Phi) is 13.1. The van der Waals surface area contributed by atoms with Crippen LogP contribution < -0.4 is 0 Å². The molecule has 0 fully saturated rings. The summed E-state index contributed by atoms with van der Waals surface area (Å²) in [6, 6.07) is 2.32. The van der Waals surface area contributed by atoms with Crippen molar-refractivity contribution in [2.75, 3.05) is 12.4 Å². The van der Waals surface area contributed by atoms with Crippen LogP contribution in [0.5, 0.6) is 0 Å². The molecule has 1 unspecified atom stereocenters. The van der Waals surface area contributed by atoms with Crippen molar-refractivity contribution in [3.05, 3.63) is 0 Å². The van der Waals surface area contributed by atoms with E-state index in [9.17, 15) is 5.26 Å². The number of hydrogen-bond acceptors (Lipinski definition) is 5. The lowest BCUT2D eigenvalue weighted by atomic mass is 10.1. The number of thioether (sulfide) groups is 2. The van der Waals surface area contributed by atoms with Crippen LogP contribution >= 0.6 is 35.7 Å². The van der Waals surface area contributed by atoms with Gasteiger partial charge in [0.15, 0.2) is 0 Å². The Bertz CT molecular complexity index is 304. The van der Waals surface area contributed by atoms with E-state index in [1.807, 2.05) is 6.92 Å². The van der Waals surface area contributed by atoms with Gasteiger partial charge in [-0.15, -0.1) is 11.8 Å². The van der Waals surface area contributed by atoms with Gasteiger partial charge in [-0.25, -0.2) is 0 Å². The first-order valence-electron chi connectivity index (χ1n) is 7.46. The Balaban J connectivity index is 3.73. The highest BCUT2D eigenvalue weighted by Gasteiger charge is 2.26. The van der Waals surface area contributed by atoms with Crippen LogP contribution in [0.3, 0.4) is 0 Å². The minimum atomic E-state index is -0.492. The second-order valence-corrected chi connectivity index (χ2v) is 8.94. The van der Waals surface area contributed by atoms with E-state index in [0.29, 0.717) is 12.8 Å². The molecule has 0 spiro atoms. The number of aliphatic hydroxyl groups excluding tert-OH is 1. The summed E-state index contributed by atoms with van der Waals surface area (Å²) < 4.78 is 0.369. The predicted octanol–water partition coefficient (Wildman–Crippen LogP) is 5.15. The number of rotatable bonds is 11. The zero-order valence-electron chi connectivity index (χ0n) is 12.7. The summed E-state index contributed by atoms with van der Waals surface area (Å²) in [6.45, 7) is 4.27. The second-order valence-electron chi connectivity index (χ2n) is 5.14. The molecular formula is C15H27NOS3. The third kappa shape index (κ3) is 11.0. The molecule has 0 amide bonds. The highest BCUT2D eigenvalue weighted by Crippen LogP contribution is 2.34. The van der Waals surface area contributed by atoms with Crippen LogP contribution in [0.1, 0.15) is 65.2 Å². The van der Waals surface area contributed by atoms with Gasteiger partial charge in [-0.1, -0.05) is 63.0 Å². The van der Waals surface area contributed by atoms with E-state index in [4.69, 9.17) is 17.3 Å². The van der Waals surface area contributed by atoms with Gasteiger partial charge >= 0.3 is 0 Å². The molecule has 1 atom stereocenters. The lowest BCUT2D eigenvalue weighted by Crippen LogP contribution is -2.19. The van der Waals surface area contributed by atoms with Crippen molar-refractivity contribution in [1.82, 2.24) is 0 Å². The number of unbranched alkanes of at least 4 members (excludes halogenated alkanes) is 5. The third-order valence-corrected chi connectivity index (χ3v) is 5.92. The SMILES string of the molecule is CCCCCCCCSC(=S)SC(C)(C#N)CCCO. The maximum Gasteiger partial charge on any atom is 0.106 e. The first kappa shape index (κ1) is 20.2. The maximum absolute atomic E-state index is 9.23. The Labute approximate surface area is 138 Å². The van der Waals surface area contributed by atoms with Crippen molar-refractivity contribution in [1.29, 1.82) is 5.26 Å². The molecule has 0 heterocycles. The normalized spacial score (nSPS) is 13.7. The molecule has 0 aliphatic rings. The Morgan fingerprint density at radius 2 is 1.85 bits per heavy atom. The van der Waals surface area contributed by atoms with E-state index in [0.717, 1.165) is 9.28 Å². The lowest BCUT2D eigenvalue weighted by Gasteiger charge is -2.20. The van der Waals surface area contributed by atoms with Crippen molar-refractivity contribution < 1.29 is 5.11 Å². The maximum atomic E-state index is 9.23. The van der Waals surface area contributed by atoms with Crippen LogP contribution in [0.2, 0.25) is 0 Å². The Hall–Kier alpha value is 0.240. The molecule has 0 aliphatic heterocycles. The van der Waals surface area contributed by atoms with Crippen LogP contribution in [0.25, 0.3) is 0 Å². The summed E-state index contributed by atoms with van der Waals surface area (Å²) in [5.74, 6) is 1.06. The number of thiocarbonyl (C=S) groups is 1. The van der Waals surface area contributed by atoms with Crippen LogP contribution in [0.4, 0.5) is 0 Å². The van der Waals surface area contributed by atoms with Gasteiger partial charge in [0.2, 0.25) is 0 Å². The van der Waals surface area contributed by atoms with Crippen molar-refractivity contribution in [3.63, 3.8) is 0 Å². The first-order chi connectivity index (χ1) is 9.58. The van der Waals surface area contributed by atoms with Crippen LogP contribution in [-0.4, -0.2) is 25.7 Å². The predicted molar refractivity (Wildman–Crippen MR) is 96.4 cm³/mol. The van der Waals surface area contributed by atoms with Gasteiger partial charge < -0.3 is 5.11 Å². The molecule has 0 aromatic heterocycles. The summed E-state index contributed by atoms with van der Waals surface area (Å²) in [6.07, 6.45) is 9.11. The molecule has 0 saturated carbocycles. The van der Waals surface area contributed by atoms with Gasteiger partial charge in [-0.05, 0) is 31.9 Å². The van der Waals surface area contributed by atoms with Crippen molar-refractivity contribution in [3.8, 4) is 6.07 Å². The summed E-state index contributed by atoms with van der Waals surface area (Å²) >= 11 is 8.53. The molecule has 0 aromatic carbocycles. The number of hydrogen-bond donors (Lipinski definition) is 1. The van der Waals surface area contributed by atoms with Gasteiger partial charge in [0.05, 0.1) is 6.07 Å². The molecular weight excluding hydrogens is 306 g/mol. The molecule has 20 heavy (non-hydrogen) atoms. The fraction of sp³-hybridized carbons (Fsp3) is 0.867. The monoisotopic (exact) mass is 333 g/mol. The molecule has 0 bridgehead atoms. The fourth-order valence-corrected chi connectivity index (χ4v) is 4.81. The van der Waals surface area contributed by atoms with Gasteiger partial charge in [-0.3, -0.25) is 0 Å². The minimum absolute atomic E-state index is 0.134. The van der Waals surface area contributed by atoms with Gasteiger partial charge in [-0.2, -0.15) is 5.26 Å². The molecule has 2 nitrogen and oxygen atoms in total. The van der Waals surface area contributed by atoms with Gasteiger partial charge in [0.25, 0.3) is 0 Å². The topological polar surface area (TPSA) is 44.0 Å². The standard InChI is InChI=1S/C15H27NOS3/c1-3-4-5-6-7-8-12-19-14(18)20-15(2,13-16)10-9-11-17/h17H,3-12H2,1-2H3. The highest BCUT2D eigenvalue weighted by molar-refractivity contribution is 8.47. The molecule has 116 valence electrons. The summed E-state index contributed by atoms with van der Waals surface area (Å²) in [7, 11) is 0. The lowest BCUT2D eigenvalue weighted by molar-refractivity contribution is 0.282. The smallest absolute Gasteiger partial charge is 0.106 e. The number of nitrogens with zero attached hydrogens (tertiary/aromatic N) is 1. The largest absolute Gasteiger partial charge is 0.396 e. The highest BCUT2D eigenvalue weighted by atomic mass is 32.2. The van der Waals surface area contributed by atoms with Gasteiger partial charge in [0.1, 0.15) is 8.28 Å². The van der Waals surface area contributed by atoms with Crippen molar-refractivity contribution >= 4 is 39.3 Å². The van der Waals surface area contributed by atoms with E-state index in [-0.39, 0.29) is 6.61 Å². The molecule has 0 aliphatic carbocycles. The molecule has 0 rings (SSSR count). The average molecular weight is 334 g/mol. The van der Waals surface area contributed by atoms with Crippen LogP contribution in [0.15, 0.2) is 0 Å². The summed E-state index contributed by atoms with van der Waals surface area (Å²) in [4.78, 5) is 0. The van der Waals surface area contributed by atoms with Crippen molar-refractivity contribution in [2.24, 2.45) is 0 Å². The molecule has 0 saturated heterocycles. The Morgan fingerprint density at radius 3 is 2.45 bits per heavy atom. The average Bonchev–Trinajstić information content (AvgIpc) is 2.44. The van der Waals surface area contributed by atoms with E-state index < -0.39 is 4.75 Å². The third-order valence-electron chi connectivity index (χ3n) is 3.07. The molecule has 0 aromatic rings. The number of nitriles is 1. The van der Waals surface area contributed by atoms with E-state index in [1.165, 1.54) is 50.3 Å². The minimum Gasteiger partial charge on any atom is -0.396 e. The molecule has 0 radical (unpaired) electrons. The van der Waals surface area contributed by atoms with E-state index >= 15 is 0 Å². The number of aliphatic hydroxyl groups is 1. The van der Waals surface area contributed by atoms with E-state index in [1.54, 1.807) is 11.8 Å². The molecule has 5 heteroatoms. The first-order valence-corrected chi connectivity index (χ1v) is 9.67.